The highest BCUT2D eigenvalue weighted by Crippen LogP contribution is 2.29. The number of aryl methyl sites for hydroxylation is 2. The van der Waals surface area contributed by atoms with Crippen LogP contribution in [0.5, 0.6) is 5.75 Å². The molecular formula is C27H28N6O. The quantitative estimate of drug-likeness (QED) is 0.414. The van der Waals surface area contributed by atoms with E-state index in [1.165, 1.54) is 12.8 Å². The summed E-state index contributed by atoms with van der Waals surface area (Å²) in [5.74, 6) is 2.65. The van der Waals surface area contributed by atoms with Crippen LogP contribution in [0.25, 0.3) is 22.3 Å². The molecule has 1 aliphatic rings. The van der Waals surface area contributed by atoms with E-state index in [1.54, 1.807) is 6.33 Å². The van der Waals surface area contributed by atoms with Crippen molar-refractivity contribution >= 4 is 16.9 Å². The Morgan fingerprint density at radius 1 is 1.12 bits per heavy atom. The predicted molar refractivity (Wildman–Crippen MR) is 133 cm³/mol. The van der Waals surface area contributed by atoms with Crippen molar-refractivity contribution in [3.05, 3.63) is 66.2 Å². The molecule has 1 aliphatic heterocycles. The second kappa shape index (κ2) is 9.52. The number of pyridine rings is 2. The number of imidazole rings is 1. The number of ether oxygens (including phenoxy) is 1. The number of nitriles is 1. The summed E-state index contributed by atoms with van der Waals surface area (Å²) in [6.45, 7) is 4.87. The minimum atomic E-state index is 0.347. The van der Waals surface area contributed by atoms with Gasteiger partial charge < -0.3 is 14.2 Å². The summed E-state index contributed by atoms with van der Waals surface area (Å²) < 4.78 is 8.06. The normalized spacial score (nSPS) is 14.3. The number of rotatable bonds is 6. The molecule has 4 heterocycles. The van der Waals surface area contributed by atoms with E-state index in [4.69, 9.17) is 4.74 Å². The largest absolute Gasteiger partial charge is 0.493 e. The van der Waals surface area contributed by atoms with Crippen molar-refractivity contribution in [1.29, 1.82) is 5.26 Å². The van der Waals surface area contributed by atoms with Crippen molar-refractivity contribution in [2.75, 3.05) is 24.6 Å². The molecule has 0 amide bonds. The molecule has 0 saturated carbocycles. The van der Waals surface area contributed by atoms with Crippen LogP contribution in [0.3, 0.4) is 0 Å². The summed E-state index contributed by atoms with van der Waals surface area (Å²) >= 11 is 0. The van der Waals surface area contributed by atoms with Gasteiger partial charge >= 0.3 is 0 Å². The van der Waals surface area contributed by atoms with E-state index < -0.39 is 0 Å². The Hall–Kier alpha value is -3.92. The highest BCUT2D eigenvalue weighted by molar-refractivity contribution is 5.84. The van der Waals surface area contributed by atoms with E-state index in [0.717, 1.165) is 53.4 Å². The molecule has 0 unspecified atom stereocenters. The summed E-state index contributed by atoms with van der Waals surface area (Å²) in [4.78, 5) is 15.7. The Labute approximate surface area is 199 Å². The number of fused-ring (bicyclic) bond motifs is 1. The van der Waals surface area contributed by atoms with Gasteiger partial charge in [0.1, 0.15) is 23.2 Å². The zero-order valence-corrected chi connectivity index (χ0v) is 19.6. The van der Waals surface area contributed by atoms with Crippen LogP contribution in [-0.4, -0.2) is 39.2 Å². The molecule has 1 fully saturated rings. The minimum absolute atomic E-state index is 0.347. The van der Waals surface area contributed by atoms with Crippen LogP contribution in [0.1, 0.15) is 30.5 Å². The molecule has 0 N–H and O–H groups in total. The summed E-state index contributed by atoms with van der Waals surface area (Å²) in [7, 11) is 1.92. The highest BCUT2D eigenvalue weighted by atomic mass is 16.5. The monoisotopic (exact) mass is 452 g/mol. The van der Waals surface area contributed by atoms with E-state index in [1.807, 2.05) is 48.1 Å². The van der Waals surface area contributed by atoms with Crippen LogP contribution in [0.15, 0.2) is 55.0 Å². The fraction of sp³-hybridized carbons (Fsp3) is 0.333. The third-order valence-corrected chi connectivity index (χ3v) is 6.66. The van der Waals surface area contributed by atoms with Crippen molar-refractivity contribution in [3.8, 4) is 23.1 Å². The molecule has 0 radical (unpaired) electrons. The van der Waals surface area contributed by atoms with Crippen LogP contribution in [0, 0.1) is 24.2 Å². The average Bonchev–Trinajstić information content (AvgIpc) is 3.26. The SMILES string of the molecule is Cc1cc(-c2cc3c(ncn3C)c(C#N)n2)ccc1OCCC1CCN(c2ccccn2)CC1. The lowest BCUT2D eigenvalue weighted by Gasteiger charge is -2.32. The van der Waals surface area contributed by atoms with Crippen molar-refractivity contribution in [2.24, 2.45) is 13.0 Å². The molecule has 0 bridgehead atoms. The number of hydrogen-bond acceptors (Lipinski definition) is 6. The second-order valence-electron chi connectivity index (χ2n) is 8.93. The van der Waals surface area contributed by atoms with Gasteiger partial charge in [0, 0.05) is 31.9 Å². The first-order chi connectivity index (χ1) is 16.6. The molecular weight excluding hydrogens is 424 g/mol. The molecule has 0 spiro atoms. The molecule has 172 valence electrons. The molecule has 7 nitrogen and oxygen atoms in total. The number of aromatic nitrogens is 4. The molecule has 3 aromatic heterocycles. The third kappa shape index (κ3) is 4.44. The lowest BCUT2D eigenvalue weighted by molar-refractivity contribution is 0.257. The Morgan fingerprint density at radius 3 is 2.71 bits per heavy atom. The molecule has 0 aliphatic carbocycles. The van der Waals surface area contributed by atoms with Gasteiger partial charge in [-0.15, -0.1) is 0 Å². The van der Waals surface area contributed by atoms with E-state index in [2.05, 4.69) is 45.0 Å². The van der Waals surface area contributed by atoms with Crippen molar-refractivity contribution in [3.63, 3.8) is 0 Å². The van der Waals surface area contributed by atoms with Gasteiger partial charge in [0.05, 0.1) is 24.1 Å². The molecule has 4 aromatic rings. The van der Waals surface area contributed by atoms with E-state index in [9.17, 15) is 5.26 Å². The maximum absolute atomic E-state index is 9.50. The van der Waals surface area contributed by atoms with Gasteiger partial charge in [-0.25, -0.2) is 15.0 Å². The lowest BCUT2D eigenvalue weighted by atomic mass is 9.94. The number of piperidine rings is 1. The number of anilines is 1. The molecule has 5 rings (SSSR count). The third-order valence-electron chi connectivity index (χ3n) is 6.66. The van der Waals surface area contributed by atoms with Crippen molar-refractivity contribution < 1.29 is 4.74 Å². The standard InChI is InChI=1S/C27H28N6O/c1-19-15-21(22-16-24-27(23(17-28)31-22)30-18-32(24)2)6-7-25(19)34-14-10-20-8-12-33(13-9-20)26-5-3-4-11-29-26/h3-7,11,15-16,18,20H,8-10,12-14H2,1-2H3. The van der Waals surface area contributed by atoms with Crippen LogP contribution in [0.2, 0.25) is 0 Å². The smallest absolute Gasteiger partial charge is 0.169 e. The van der Waals surface area contributed by atoms with Crippen LogP contribution < -0.4 is 9.64 Å². The van der Waals surface area contributed by atoms with Gasteiger partial charge in [0.25, 0.3) is 0 Å². The Morgan fingerprint density at radius 2 is 1.97 bits per heavy atom. The average molecular weight is 453 g/mol. The van der Waals surface area contributed by atoms with Crippen molar-refractivity contribution in [2.45, 2.75) is 26.2 Å². The van der Waals surface area contributed by atoms with Gasteiger partial charge in [-0.3, -0.25) is 0 Å². The highest BCUT2D eigenvalue weighted by Gasteiger charge is 2.20. The van der Waals surface area contributed by atoms with Gasteiger partial charge in [-0.2, -0.15) is 5.26 Å². The first-order valence-corrected chi connectivity index (χ1v) is 11.7. The topological polar surface area (TPSA) is 79.9 Å². The number of benzene rings is 1. The second-order valence-corrected chi connectivity index (χ2v) is 8.93. The summed E-state index contributed by atoms with van der Waals surface area (Å²) in [5.41, 5.74) is 4.67. The van der Waals surface area contributed by atoms with E-state index in [0.29, 0.717) is 23.7 Å². The molecule has 7 heteroatoms. The van der Waals surface area contributed by atoms with Gasteiger partial charge in [-0.1, -0.05) is 6.07 Å². The predicted octanol–water partition coefficient (Wildman–Crippen LogP) is 4.90. The maximum atomic E-state index is 9.50. The summed E-state index contributed by atoms with van der Waals surface area (Å²) in [6, 6.07) is 16.3. The zero-order valence-electron chi connectivity index (χ0n) is 19.6. The molecule has 1 saturated heterocycles. The Balaban J connectivity index is 1.20. The maximum Gasteiger partial charge on any atom is 0.169 e. The van der Waals surface area contributed by atoms with E-state index >= 15 is 0 Å². The summed E-state index contributed by atoms with van der Waals surface area (Å²) in [6.07, 6.45) is 6.96. The number of nitrogens with zero attached hydrogens (tertiary/aromatic N) is 6. The fourth-order valence-electron chi connectivity index (χ4n) is 4.65. The van der Waals surface area contributed by atoms with Gasteiger partial charge in [0.2, 0.25) is 0 Å². The molecule has 0 atom stereocenters. The van der Waals surface area contributed by atoms with Gasteiger partial charge in [0.15, 0.2) is 5.69 Å². The lowest BCUT2D eigenvalue weighted by Crippen LogP contribution is -2.34. The Bertz CT molecular complexity index is 1330. The Kier molecular flexibility index (Phi) is 6.13. The van der Waals surface area contributed by atoms with Crippen molar-refractivity contribution in [1.82, 2.24) is 19.5 Å². The summed E-state index contributed by atoms with van der Waals surface area (Å²) in [5, 5.41) is 9.50. The first kappa shape index (κ1) is 21.9. The van der Waals surface area contributed by atoms with Crippen LogP contribution >= 0.6 is 0 Å². The van der Waals surface area contributed by atoms with E-state index in [-0.39, 0.29) is 0 Å². The minimum Gasteiger partial charge on any atom is -0.493 e. The number of hydrogen-bond donors (Lipinski definition) is 0. The molecule has 34 heavy (non-hydrogen) atoms. The zero-order chi connectivity index (χ0) is 23.5. The first-order valence-electron chi connectivity index (χ1n) is 11.7. The van der Waals surface area contributed by atoms with Crippen LogP contribution in [-0.2, 0) is 7.05 Å². The van der Waals surface area contributed by atoms with Crippen LogP contribution in [0.4, 0.5) is 5.82 Å². The van der Waals surface area contributed by atoms with Gasteiger partial charge in [-0.05, 0) is 74.1 Å². The fourth-order valence-corrected chi connectivity index (χ4v) is 4.65. The molecule has 1 aromatic carbocycles.